The average Bonchev–Trinajstić information content (AvgIpc) is 2.26. The molecule has 1 saturated carbocycles. The normalized spacial score (nSPS) is 30.2. The Hall–Kier alpha value is -0.890. The van der Waals surface area contributed by atoms with E-state index in [9.17, 15) is 9.50 Å². The summed E-state index contributed by atoms with van der Waals surface area (Å²) in [5, 5.41) is 10.5. The molecule has 0 amide bonds. The van der Waals surface area contributed by atoms with Crippen molar-refractivity contribution in [1.29, 1.82) is 0 Å². The minimum absolute atomic E-state index is 0.228. The van der Waals surface area contributed by atoms with Gasteiger partial charge in [-0.1, -0.05) is 19.9 Å². The van der Waals surface area contributed by atoms with E-state index in [0.29, 0.717) is 17.8 Å². The Morgan fingerprint density at radius 3 is 2.33 bits per heavy atom. The maximum Gasteiger partial charge on any atom is 0.123 e. The number of rotatable bonds is 2. The fourth-order valence-electron chi connectivity index (χ4n) is 3.49. The zero-order chi connectivity index (χ0) is 13.3. The van der Waals surface area contributed by atoms with Gasteiger partial charge in [-0.15, -0.1) is 0 Å². The van der Waals surface area contributed by atoms with Gasteiger partial charge in [-0.05, 0) is 67.2 Å². The maximum absolute atomic E-state index is 13.1. The van der Waals surface area contributed by atoms with Crippen molar-refractivity contribution in [1.82, 2.24) is 0 Å². The first kappa shape index (κ1) is 13.5. The van der Waals surface area contributed by atoms with Crippen LogP contribution in [-0.4, -0.2) is 5.11 Å². The van der Waals surface area contributed by atoms with Crippen molar-refractivity contribution >= 4 is 0 Å². The number of benzene rings is 1. The van der Waals surface area contributed by atoms with Crippen molar-refractivity contribution in [3.8, 4) is 0 Å². The fourth-order valence-corrected chi connectivity index (χ4v) is 3.49. The van der Waals surface area contributed by atoms with Gasteiger partial charge in [0.25, 0.3) is 0 Å². The number of hydrogen-bond donors (Lipinski definition) is 1. The van der Waals surface area contributed by atoms with Crippen LogP contribution in [0.4, 0.5) is 4.39 Å². The molecule has 1 aromatic carbocycles. The number of hydrogen-bond acceptors (Lipinski definition) is 1. The molecule has 1 aliphatic carbocycles. The Morgan fingerprint density at radius 1 is 1.17 bits per heavy atom. The van der Waals surface area contributed by atoms with Crippen molar-refractivity contribution in [3.05, 3.63) is 35.1 Å². The van der Waals surface area contributed by atoms with Gasteiger partial charge >= 0.3 is 0 Å². The third kappa shape index (κ3) is 2.92. The molecule has 0 saturated heterocycles. The quantitative estimate of drug-likeness (QED) is 0.832. The zero-order valence-electron chi connectivity index (χ0n) is 11.5. The van der Waals surface area contributed by atoms with Gasteiger partial charge in [0, 0.05) is 0 Å². The molecule has 18 heavy (non-hydrogen) atoms. The first-order valence-electron chi connectivity index (χ1n) is 6.91. The van der Waals surface area contributed by atoms with Crippen LogP contribution in [0.3, 0.4) is 0 Å². The van der Waals surface area contributed by atoms with E-state index in [0.717, 1.165) is 24.0 Å². The topological polar surface area (TPSA) is 20.2 Å². The van der Waals surface area contributed by atoms with Crippen LogP contribution in [0.1, 0.15) is 50.3 Å². The third-order valence-corrected chi connectivity index (χ3v) is 4.21. The molecule has 0 radical (unpaired) electrons. The second kappa shape index (κ2) is 5.40. The SMILES string of the molecule is Cc1cc(F)ccc1C(O)C1CC(C)CC(C)C1. The van der Waals surface area contributed by atoms with Crippen LogP contribution in [0.5, 0.6) is 0 Å². The van der Waals surface area contributed by atoms with Crippen LogP contribution in [0.2, 0.25) is 0 Å². The van der Waals surface area contributed by atoms with Gasteiger partial charge in [-0.2, -0.15) is 0 Å². The smallest absolute Gasteiger partial charge is 0.123 e. The maximum atomic E-state index is 13.1. The van der Waals surface area contributed by atoms with Gasteiger partial charge in [0.2, 0.25) is 0 Å². The van der Waals surface area contributed by atoms with Gasteiger partial charge in [0.15, 0.2) is 0 Å². The number of aliphatic hydroxyl groups excluding tert-OH is 1. The lowest BCUT2D eigenvalue weighted by atomic mass is 9.73. The van der Waals surface area contributed by atoms with E-state index in [1.807, 2.05) is 6.92 Å². The molecular formula is C16H23FO. The molecule has 1 fully saturated rings. The van der Waals surface area contributed by atoms with Crippen LogP contribution in [0.15, 0.2) is 18.2 Å². The number of aliphatic hydroxyl groups is 1. The molecule has 1 nitrogen and oxygen atoms in total. The van der Waals surface area contributed by atoms with Gasteiger partial charge in [0.05, 0.1) is 6.10 Å². The molecule has 1 aliphatic rings. The highest BCUT2D eigenvalue weighted by atomic mass is 19.1. The van der Waals surface area contributed by atoms with E-state index in [-0.39, 0.29) is 5.82 Å². The molecule has 100 valence electrons. The average molecular weight is 250 g/mol. The Bertz CT molecular complexity index is 406. The predicted molar refractivity (Wildman–Crippen MR) is 71.8 cm³/mol. The van der Waals surface area contributed by atoms with Crippen LogP contribution in [0.25, 0.3) is 0 Å². The van der Waals surface area contributed by atoms with Gasteiger partial charge in [0.1, 0.15) is 5.82 Å². The predicted octanol–water partition coefficient (Wildman–Crippen LogP) is 4.24. The van der Waals surface area contributed by atoms with Crippen LogP contribution in [0, 0.1) is 30.5 Å². The van der Waals surface area contributed by atoms with Crippen LogP contribution >= 0.6 is 0 Å². The minimum atomic E-state index is -0.448. The monoisotopic (exact) mass is 250 g/mol. The summed E-state index contributed by atoms with van der Waals surface area (Å²) in [6.07, 6.45) is 2.95. The van der Waals surface area contributed by atoms with E-state index < -0.39 is 6.10 Å². The highest BCUT2D eigenvalue weighted by Gasteiger charge is 2.30. The van der Waals surface area contributed by atoms with Crippen molar-refractivity contribution in [3.63, 3.8) is 0 Å². The van der Waals surface area contributed by atoms with E-state index in [1.165, 1.54) is 18.6 Å². The molecule has 0 bridgehead atoms. The van der Waals surface area contributed by atoms with E-state index in [1.54, 1.807) is 6.07 Å². The zero-order valence-corrected chi connectivity index (χ0v) is 11.5. The first-order valence-corrected chi connectivity index (χ1v) is 6.91. The fraction of sp³-hybridized carbons (Fsp3) is 0.625. The second-order valence-electron chi connectivity index (χ2n) is 6.12. The van der Waals surface area contributed by atoms with Crippen molar-refractivity contribution in [2.24, 2.45) is 17.8 Å². The van der Waals surface area contributed by atoms with E-state index >= 15 is 0 Å². The Kier molecular flexibility index (Phi) is 4.06. The molecule has 3 unspecified atom stereocenters. The van der Waals surface area contributed by atoms with Gasteiger partial charge < -0.3 is 5.11 Å². The number of halogens is 1. The van der Waals surface area contributed by atoms with Crippen LogP contribution < -0.4 is 0 Å². The highest BCUT2D eigenvalue weighted by molar-refractivity contribution is 5.29. The summed E-state index contributed by atoms with van der Waals surface area (Å²) in [4.78, 5) is 0. The van der Waals surface area contributed by atoms with Crippen molar-refractivity contribution in [2.75, 3.05) is 0 Å². The summed E-state index contributed by atoms with van der Waals surface area (Å²) in [6.45, 7) is 6.39. The van der Waals surface area contributed by atoms with Gasteiger partial charge in [-0.3, -0.25) is 0 Å². The lowest BCUT2D eigenvalue weighted by Gasteiger charge is -2.34. The van der Waals surface area contributed by atoms with E-state index in [4.69, 9.17) is 0 Å². The molecule has 2 rings (SSSR count). The molecule has 2 heteroatoms. The second-order valence-corrected chi connectivity index (χ2v) is 6.12. The molecular weight excluding hydrogens is 227 g/mol. The lowest BCUT2D eigenvalue weighted by molar-refractivity contribution is 0.0547. The molecule has 1 N–H and O–H groups in total. The standard InChI is InChI=1S/C16H23FO/c1-10-6-11(2)8-13(7-10)16(18)15-5-4-14(17)9-12(15)3/h4-5,9-11,13,16,18H,6-8H2,1-3H3. The summed E-state index contributed by atoms with van der Waals surface area (Å²) >= 11 is 0. The van der Waals surface area contributed by atoms with E-state index in [2.05, 4.69) is 13.8 Å². The highest BCUT2D eigenvalue weighted by Crippen LogP contribution is 2.40. The molecule has 1 aromatic rings. The lowest BCUT2D eigenvalue weighted by Crippen LogP contribution is -2.25. The minimum Gasteiger partial charge on any atom is -0.388 e. The molecule has 3 atom stereocenters. The summed E-state index contributed by atoms with van der Waals surface area (Å²) in [6, 6.07) is 4.69. The molecule has 0 heterocycles. The van der Waals surface area contributed by atoms with Crippen LogP contribution in [-0.2, 0) is 0 Å². The Labute approximate surface area is 109 Å². The van der Waals surface area contributed by atoms with Gasteiger partial charge in [-0.25, -0.2) is 4.39 Å². The summed E-state index contributed by atoms with van der Waals surface area (Å²) < 4.78 is 13.1. The largest absolute Gasteiger partial charge is 0.388 e. The number of aryl methyl sites for hydroxylation is 1. The van der Waals surface area contributed by atoms with Crippen molar-refractivity contribution in [2.45, 2.75) is 46.1 Å². The van der Waals surface area contributed by atoms with Crippen molar-refractivity contribution < 1.29 is 9.50 Å². The Morgan fingerprint density at radius 2 is 1.78 bits per heavy atom. The summed E-state index contributed by atoms with van der Waals surface area (Å²) in [5.41, 5.74) is 1.75. The molecule has 0 aromatic heterocycles. The molecule has 0 spiro atoms. The Balaban J connectivity index is 2.17. The molecule has 0 aliphatic heterocycles. The first-order chi connectivity index (χ1) is 8.47. The summed E-state index contributed by atoms with van der Waals surface area (Å²) in [7, 11) is 0. The third-order valence-electron chi connectivity index (χ3n) is 4.21. The summed E-state index contributed by atoms with van der Waals surface area (Å²) in [5.74, 6) is 1.44.